The second kappa shape index (κ2) is 4.04. The average molecular weight is 196 g/mol. The van der Waals surface area contributed by atoms with E-state index < -0.39 is 0 Å². The molecule has 0 bridgehead atoms. The van der Waals surface area contributed by atoms with Gasteiger partial charge in [0.25, 0.3) is 0 Å². The SMILES string of the molecule is COc1nc(C)c(C(C)=O)c(OC)n1. The van der Waals surface area contributed by atoms with Gasteiger partial charge in [-0.05, 0) is 13.8 Å². The third-order valence-electron chi connectivity index (χ3n) is 1.76. The average Bonchev–Trinajstić information content (AvgIpc) is 2.15. The maximum Gasteiger partial charge on any atom is 0.319 e. The van der Waals surface area contributed by atoms with Crippen molar-refractivity contribution in [3.63, 3.8) is 0 Å². The van der Waals surface area contributed by atoms with Crippen molar-refractivity contribution in [1.82, 2.24) is 9.97 Å². The van der Waals surface area contributed by atoms with Crippen LogP contribution in [-0.4, -0.2) is 30.0 Å². The number of hydrogen-bond acceptors (Lipinski definition) is 5. The third-order valence-corrected chi connectivity index (χ3v) is 1.76. The molecule has 0 aromatic carbocycles. The topological polar surface area (TPSA) is 61.3 Å². The van der Waals surface area contributed by atoms with Crippen LogP contribution in [0.4, 0.5) is 0 Å². The molecule has 0 atom stereocenters. The number of carbonyl (C=O) groups excluding carboxylic acids is 1. The fraction of sp³-hybridized carbons (Fsp3) is 0.444. The molecule has 1 aromatic heterocycles. The highest BCUT2D eigenvalue weighted by Crippen LogP contribution is 2.21. The van der Waals surface area contributed by atoms with Crippen LogP contribution in [-0.2, 0) is 0 Å². The van der Waals surface area contributed by atoms with Gasteiger partial charge in [-0.3, -0.25) is 4.79 Å². The van der Waals surface area contributed by atoms with Gasteiger partial charge in [-0.25, -0.2) is 0 Å². The van der Waals surface area contributed by atoms with Gasteiger partial charge >= 0.3 is 6.01 Å². The number of ether oxygens (including phenoxy) is 2. The highest BCUT2D eigenvalue weighted by atomic mass is 16.5. The van der Waals surface area contributed by atoms with Crippen molar-refractivity contribution in [2.24, 2.45) is 0 Å². The van der Waals surface area contributed by atoms with Crippen molar-refractivity contribution >= 4 is 5.78 Å². The molecule has 76 valence electrons. The van der Waals surface area contributed by atoms with Crippen LogP contribution in [0.5, 0.6) is 11.9 Å². The van der Waals surface area contributed by atoms with Gasteiger partial charge in [0.2, 0.25) is 5.88 Å². The van der Waals surface area contributed by atoms with E-state index in [1.165, 1.54) is 21.1 Å². The minimum absolute atomic E-state index is 0.123. The predicted octanol–water partition coefficient (Wildman–Crippen LogP) is 1.00. The van der Waals surface area contributed by atoms with E-state index in [0.29, 0.717) is 11.3 Å². The van der Waals surface area contributed by atoms with Crippen molar-refractivity contribution < 1.29 is 14.3 Å². The van der Waals surface area contributed by atoms with Crippen LogP contribution in [0, 0.1) is 6.92 Å². The lowest BCUT2D eigenvalue weighted by Crippen LogP contribution is -2.06. The second-order valence-electron chi connectivity index (χ2n) is 2.74. The summed E-state index contributed by atoms with van der Waals surface area (Å²) in [5.41, 5.74) is 0.953. The summed E-state index contributed by atoms with van der Waals surface area (Å²) in [5, 5.41) is 0. The molecular weight excluding hydrogens is 184 g/mol. The summed E-state index contributed by atoms with van der Waals surface area (Å²) in [6.45, 7) is 3.16. The molecule has 0 fully saturated rings. The molecule has 0 radical (unpaired) electrons. The summed E-state index contributed by atoms with van der Waals surface area (Å²) < 4.78 is 9.84. The first kappa shape index (κ1) is 10.4. The van der Waals surface area contributed by atoms with E-state index >= 15 is 0 Å². The molecule has 1 aromatic rings. The molecule has 14 heavy (non-hydrogen) atoms. The fourth-order valence-corrected chi connectivity index (χ4v) is 1.17. The number of carbonyl (C=O) groups is 1. The van der Waals surface area contributed by atoms with Gasteiger partial charge in [0.15, 0.2) is 5.78 Å². The first-order valence-corrected chi connectivity index (χ1v) is 4.07. The van der Waals surface area contributed by atoms with E-state index in [9.17, 15) is 4.79 Å². The Morgan fingerprint density at radius 2 is 1.86 bits per heavy atom. The van der Waals surface area contributed by atoms with Crippen LogP contribution in [0.3, 0.4) is 0 Å². The normalized spacial score (nSPS) is 9.71. The van der Waals surface area contributed by atoms with Gasteiger partial charge in [-0.2, -0.15) is 9.97 Å². The molecule has 0 N–H and O–H groups in total. The second-order valence-corrected chi connectivity index (χ2v) is 2.74. The quantitative estimate of drug-likeness (QED) is 0.675. The van der Waals surface area contributed by atoms with Gasteiger partial charge in [-0.1, -0.05) is 0 Å². The third kappa shape index (κ3) is 1.81. The number of ketones is 1. The lowest BCUT2D eigenvalue weighted by Gasteiger charge is -2.08. The van der Waals surface area contributed by atoms with Crippen molar-refractivity contribution in [2.45, 2.75) is 13.8 Å². The molecule has 0 aliphatic rings. The number of aromatic nitrogens is 2. The van der Waals surface area contributed by atoms with Gasteiger partial charge in [0.05, 0.1) is 19.9 Å². The largest absolute Gasteiger partial charge is 0.480 e. The van der Waals surface area contributed by atoms with E-state index in [-0.39, 0.29) is 17.7 Å². The van der Waals surface area contributed by atoms with Crippen LogP contribution in [0.15, 0.2) is 0 Å². The molecule has 0 amide bonds. The smallest absolute Gasteiger partial charge is 0.319 e. The van der Waals surface area contributed by atoms with E-state index in [4.69, 9.17) is 9.47 Å². The summed E-state index contributed by atoms with van der Waals surface area (Å²) in [5.74, 6) is 0.129. The van der Waals surface area contributed by atoms with Gasteiger partial charge in [-0.15, -0.1) is 0 Å². The molecule has 0 aliphatic heterocycles. The molecule has 0 saturated carbocycles. The maximum atomic E-state index is 11.2. The summed E-state index contributed by atoms with van der Waals surface area (Å²) in [6.07, 6.45) is 0. The Hall–Kier alpha value is -1.65. The summed E-state index contributed by atoms with van der Waals surface area (Å²) in [7, 11) is 2.91. The van der Waals surface area contributed by atoms with E-state index in [1.807, 2.05) is 0 Å². The lowest BCUT2D eigenvalue weighted by atomic mass is 10.1. The van der Waals surface area contributed by atoms with Crippen molar-refractivity contribution in [3.05, 3.63) is 11.3 Å². The molecule has 0 aliphatic carbocycles. The van der Waals surface area contributed by atoms with E-state index in [0.717, 1.165) is 0 Å². The Morgan fingerprint density at radius 1 is 1.21 bits per heavy atom. The van der Waals surface area contributed by atoms with Crippen LogP contribution in [0.25, 0.3) is 0 Å². The molecule has 5 nitrogen and oxygen atoms in total. The highest BCUT2D eigenvalue weighted by molar-refractivity contribution is 5.97. The zero-order valence-corrected chi connectivity index (χ0v) is 8.62. The molecule has 1 rings (SSSR count). The van der Waals surface area contributed by atoms with Crippen LogP contribution < -0.4 is 9.47 Å². The molecule has 5 heteroatoms. The van der Waals surface area contributed by atoms with Crippen molar-refractivity contribution in [1.29, 1.82) is 0 Å². The van der Waals surface area contributed by atoms with Crippen LogP contribution in [0.1, 0.15) is 23.0 Å². The summed E-state index contributed by atoms with van der Waals surface area (Å²) >= 11 is 0. The summed E-state index contributed by atoms with van der Waals surface area (Å²) in [4.78, 5) is 19.1. The van der Waals surface area contributed by atoms with Gasteiger partial charge < -0.3 is 9.47 Å². The van der Waals surface area contributed by atoms with Crippen LogP contribution >= 0.6 is 0 Å². The first-order chi connectivity index (χ1) is 6.60. The maximum absolute atomic E-state index is 11.2. The minimum Gasteiger partial charge on any atom is -0.480 e. The number of aryl methyl sites for hydroxylation is 1. The Morgan fingerprint density at radius 3 is 2.29 bits per heavy atom. The number of rotatable bonds is 3. The number of Topliss-reactive ketones (excluding diaryl/α,β-unsaturated/α-hetero) is 1. The lowest BCUT2D eigenvalue weighted by molar-refractivity contribution is 0.101. The first-order valence-electron chi connectivity index (χ1n) is 4.07. The van der Waals surface area contributed by atoms with E-state index in [1.54, 1.807) is 6.92 Å². The molecular formula is C9H12N2O3. The summed E-state index contributed by atoms with van der Waals surface area (Å²) in [6, 6.07) is 0.198. The number of methoxy groups -OCH3 is 2. The van der Waals surface area contributed by atoms with Gasteiger partial charge in [0, 0.05) is 0 Å². The fourth-order valence-electron chi connectivity index (χ4n) is 1.17. The number of hydrogen-bond donors (Lipinski definition) is 0. The Labute approximate surface area is 82.1 Å². The Bertz CT molecular complexity index is 363. The van der Waals surface area contributed by atoms with Gasteiger partial charge in [0.1, 0.15) is 5.56 Å². The molecule has 0 unspecified atom stereocenters. The minimum atomic E-state index is -0.123. The van der Waals surface area contributed by atoms with Crippen LogP contribution in [0.2, 0.25) is 0 Å². The van der Waals surface area contributed by atoms with Crippen molar-refractivity contribution in [3.8, 4) is 11.9 Å². The van der Waals surface area contributed by atoms with E-state index in [2.05, 4.69) is 9.97 Å². The Balaban J connectivity index is 3.34. The molecule has 1 heterocycles. The standard InChI is InChI=1S/C9H12N2O3/c1-5-7(6(2)12)8(13-3)11-9(10-5)14-4/h1-4H3. The monoisotopic (exact) mass is 196 g/mol. The van der Waals surface area contributed by atoms with Crippen molar-refractivity contribution in [2.75, 3.05) is 14.2 Å². The molecule has 0 spiro atoms. The zero-order chi connectivity index (χ0) is 10.7. The zero-order valence-electron chi connectivity index (χ0n) is 8.62. The Kier molecular flexibility index (Phi) is 3.01. The molecule has 0 saturated heterocycles. The highest BCUT2D eigenvalue weighted by Gasteiger charge is 2.16. The number of nitrogens with zero attached hydrogens (tertiary/aromatic N) is 2. The predicted molar refractivity (Wildman–Crippen MR) is 49.9 cm³/mol.